The molecule has 0 spiro atoms. The van der Waals surface area contributed by atoms with Crippen molar-refractivity contribution in [3.05, 3.63) is 62.6 Å². The number of nitrogens with two attached hydrogens (primary N) is 1. The van der Waals surface area contributed by atoms with Crippen molar-refractivity contribution in [2.24, 2.45) is 5.73 Å². The number of amidine groups is 1. The molecule has 0 aliphatic heterocycles. The molecule has 0 saturated carbocycles. The van der Waals surface area contributed by atoms with Crippen molar-refractivity contribution in [2.45, 2.75) is 0 Å². The average Bonchev–Trinajstić information content (AvgIpc) is 2.41. The molecule has 2 rings (SSSR count). The van der Waals surface area contributed by atoms with Crippen molar-refractivity contribution >= 4 is 27.5 Å². The maximum atomic E-state index is 11.0. The number of ether oxygens (including phenoxy) is 1. The fourth-order valence-electron chi connectivity index (χ4n) is 1.62. The van der Waals surface area contributed by atoms with E-state index in [0.717, 1.165) is 0 Å². The summed E-state index contributed by atoms with van der Waals surface area (Å²) in [4.78, 5) is 10.5. The number of nitrogens with zero attached hydrogens (tertiary/aromatic N) is 1. The van der Waals surface area contributed by atoms with Crippen LogP contribution in [0, 0.1) is 15.5 Å². The first kappa shape index (κ1) is 14.0. The number of hydrogen-bond acceptors (Lipinski definition) is 4. The number of nitro benzene ring substituents is 1. The third-order valence-electron chi connectivity index (χ3n) is 2.51. The van der Waals surface area contributed by atoms with Gasteiger partial charge in [0.15, 0.2) is 0 Å². The smallest absolute Gasteiger partial charge is 0.312 e. The molecule has 0 saturated heterocycles. The molecule has 0 aromatic heterocycles. The standard InChI is InChI=1S/C13H10BrN3O3/c14-8-5-6-12(10(7-8)17(18)19)20-11-4-2-1-3-9(11)13(15)16/h1-7H,(H3,15,16). The molecule has 0 fully saturated rings. The van der Waals surface area contributed by atoms with Crippen LogP contribution in [0.25, 0.3) is 0 Å². The lowest BCUT2D eigenvalue weighted by molar-refractivity contribution is -0.385. The molecule has 3 N–H and O–H groups in total. The molecule has 0 amide bonds. The van der Waals surface area contributed by atoms with Gasteiger partial charge in [0.05, 0.1) is 10.5 Å². The second kappa shape index (κ2) is 5.70. The van der Waals surface area contributed by atoms with E-state index in [-0.39, 0.29) is 17.3 Å². The molecular formula is C13H10BrN3O3. The monoisotopic (exact) mass is 335 g/mol. The number of rotatable bonds is 4. The fourth-order valence-corrected chi connectivity index (χ4v) is 1.97. The summed E-state index contributed by atoms with van der Waals surface area (Å²) in [5.74, 6) is 0.220. The van der Waals surface area contributed by atoms with Crippen LogP contribution in [0.5, 0.6) is 11.5 Å². The highest BCUT2D eigenvalue weighted by molar-refractivity contribution is 9.10. The number of nitrogens with one attached hydrogen (secondary N) is 1. The first-order chi connectivity index (χ1) is 9.49. The van der Waals surface area contributed by atoms with E-state index in [2.05, 4.69) is 15.9 Å². The van der Waals surface area contributed by atoms with Crippen LogP contribution in [0.15, 0.2) is 46.9 Å². The van der Waals surface area contributed by atoms with E-state index in [9.17, 15) is 10.1 Å². The van der Waals surface area contributed by atoms with Gasteiger partial charge in [-0.1, -0.05) is 28.1 Å². The highest BCUT2D eigenvalue weighted by Crippen LogP contribution is 2.34. The molecule has 0 bridgehead atoms. The first-order valence-electron chi connectivity index (χ1n) is 5.54. The molecule has 2 aromatic carbocycles. The summed E-state index contributed by atoms with van der Waals surface area (Å²) in [7, 11) is 0. The molecule has 2 aromatic rings. The third kappa shape index (κ3) is 2.94. The highest BCUT2D eigenvalue weighted by atomic mass is 79.9. The van der Waals surface area contributed by atoms with Crippen LogP contribution in [0.1, 0.15) is 5.56 Å². The molecule has 0 atom stereocenters. The van der Waals surface area contributed by atoms with Crippen molar-refractivity contribution in [3.8, 4) is 11.5 Å². The Kier molecular flexibility index (Phi) is 3.99. The van der Waals surface area contributed by atoms with Gasteiger partial charge in [0.1, 0.15) is 11.6 Å². The van der Waals surface area contributed by atoms with Gasteiger partial charge >= 0.3 is 5.69 Å². The van der Waals surface area contributed by atoms with E-state index >= 15 is 0 Å². The maximum Gasteiger partial charge on any atom is 0.312 e. The number of hydrogen-bond donors (Lipinski definition) is 2. The lowest BCUT2D eigenvalue weighted by Crippen LogP contribution is -2.12. The molecular weight excluding hydrogens is 326 g/mol. The summed E-state index contributed by atoms with van der Waals surface area (Å²) < 4.78 is 6.11. The maximum absolute atomic E-state index is 11.0. The van der Waals surface area contributed by atoms with E-state index in [0.29, 0.717) is 15.8 Å². The van der Waals surface area contributed by atoms with Gasteiger partial charge in [-0.2, -0.15) is 0 Å². The van der Waals surface area contributed by atoms with Crippen molar-refractivity contribution in [3.63, 3.8) is 0 Å². The first-order valence-corrected chi connectivity index (χ1v) is 6.33. The number of benzene rings is 2. The average molecular weight is 336 g/mol. The zero-order valence-corrected chi connectivity index (χ0v) is 11.8. The summed E-state index contributed by atoms with van der Waals surface area (Å²) in [6.45, 7) is 0. The Bertz CT molecular complexity index is 688. The molecule has 0 aliphatic rings. The van der Waals surface area contributed by atoms with Gasteiger partial charge < -0.3 is 10.5 Å². The Morgan fingerprint density at radius 2 is 1.95 bits per heavy atom. The predicted molar refractivity (Wildman–Crippen MR) is 78.3 cm³/mol. The van der Waals surface area contributed by atoms with E-state index in [4.69, 9.17) is 15.9 Å². The van der Waals surface area contributed by atoms with Crippen LogP contribution in [0.3, 0.4) is 0 Å². The minimum Gasteiger partial charge on any atom is -0.449 e. The van der Waals surface area contributed by atoms with Crippen molar-refractivity contribution in [1.82, 2.24) is 0 Å². The Hall–Kier alpha value is -2.41. The summed E-state index contributed by atoms with van der Waals surface area (Å²) in [5.41, 5.74) is 5.66. The molecule has 0 heterocycles. The van der Waals surface area contributed by atoms with Crippen LogP contribution in [-0.4, -0.2) is 10.8 Å². The van der Waals surface area contributed by atoms with Crippen LogP contribution in [0.4, 0.5) is 5.69 Å². The van der Waals surface area contributed by atoms with Crippen LogP contribution in [-0.2, 0) is 0 Å². The summed E-state index contributed by atoms with van der Waals surface area (Å²) in [5, 5.41) is 18.5. The highest BCUT2D eigenvalue weighted by Gasteiger charge is 2.17. The van der Waals surface area contributed by atoms with Crippen molar-refractivity contribution in [1.29, 1.82) is 5.41 Å². The molecule has 6 nitrogen and oxygen atoms in total. The van der Waals surface area contributed by atoms with E-state index < -0.39 is 4.92 Å². The summed E-state index contributed by atoms with van der Waals surface area (Å²) in [6, 6.07) is 11.1. The van der Waals surface area contributed by atoms with Gasteiger partial charge in [0.2, 0.25) is 5.75 Å². The van der Waals surface area contributed by atoms with E-state index in [1.54, 1.807) is 30.3 Å². The minimum atomic E-state index is -0.531. The Labute approximate surface area is 123 Å². The largest absolute Gasteiger partial charge is 0.449 e. The predicted octanol–water partition coefficient (Wildman–Crippen LogP) is 3.43. The Morgan fingerprint density at radius 3 is 2.60 bits per heavy atom. The van der Waals surface area contributed by atoms with Crippen molar-refractivity contribution in [2.75, 3.05) is 0 Å². The van der Waals surface area contributed by atoms with Gasteiger partial charge in [0.25, 0.3) is 0 Å². The van der Waals surface area contributed by atoms with Crippen molar-refractivity contribution < 1.29 is 9.66 Å². The quantitative estimate of drug-likeness (QED) is 0.386. The lowest BCUT2D eigenvalue weighted by atomic mass is 10.2. The number of nitro groups is 1. The molecule has 20 heavy (non-hydrogen) atoms. The zero-order valence-electron chi connectivity index (χ0n) is 10.2. The molecule has 0 aliphatic carbocycles. The fraction of sp³-hybridized carbons (Fsp3) is 0. The van der Waals surface area contributed by atoms with Gasteiger partial charge in [-0.05, 0) is 24.3 Å². The SMILES string of the molecule is N=C(N)c1ccccc1Oc1ccc(Br)cc1[N+](=O)[O-]. The normalized spacial score (nSPS) is 10.1. The summed E-state index contributed by atoms with van der Waals surface area (Å²) in [6.07, 6.45) is 0. The van der Waals surface area contributed by atoms with Crippen LogP contribution in [0.2, 0.25) is 0 Å². The molecule has 0 unspecified atom stereocenters. The van der Waals surface area contributed by atoms with E-state index in [1.165, 1.54) is 12.1 Å². The molecule has 7 heteroatoms. The van der Waals surface area contributed by atoms with Gasteiger partial charge in [0, 0.05) is 10.5 Å². The van der Waals surface area contributed by atoms with Gasteiger partial charge in [-0.3, -0.25) is 15.5 Å². The second-order valence-electron chi connectivity index (χ2n) is 3.88. The zero-order chi connectivity index (χ0) is 14.7. The summed E-state index contributed by atoms with van der Waals surface area (Å²) >= 11 is 3.17. The number of halogens is 1. The van der Waals surface area contributed by atoms with Gasteiger partial charge in [-0.15, -0.1) is 0 Å². The van der Waals surface area contributed by atoms with Crippen LogP contribution >= 0.6 is 15.9 Å². The lowest BCUT2D eigenvalue weighted by Gasteiger charge is -2.10. The Balaban J connectivity index is 2.45. The molecule has 102 valence electrons. The third-order valence-corrected chi connectivity index (χ3v) is 3.01. The molecule has 0 radical (unpaired) electrons. The topological polar surface area (TPSA) is 102 Å². The number of nitrogen functional groups attached to an aromatic ring is 1. The van der Waals surface area contributed by atoms with E-state index in [1.807, 2.05) is 0 Å². The van der Waals surface area contributed by atoms with Crippen LogP contribution < -0.4 is 10.5 Å². The number of para-hydroxylation sites is 1. The minimum absolute atomic E-state index is 0.0897. The Morgan fingerprint density at radius 1 is 1.25 bits per heavy atom. The van der Waals surface area contributed by atoms with Gasteiger partial charge in [-0.25, -0.2) is 0 Å². The second-order valence-corrected chi connectivity index (χ2v) is 4.80.